The fourth-order valence-electron chi connectivity index (χ4n) is 2.14. The maximum absolute atomic E-state index is 12.1. The highest BCUT2D eigenvalue weighted by molar-refractivity contribution is 9.09. The van der Waals surface area contributed by atoms with Gasteiger partial charge in [0.25, 0.3) is 11.6 Å². The molecule has 0 saturated carbocycles. The molecular weight excluding hydrogens is 422 g/mol. The van der Waals surface area contributed by atoms with Crippen LogP contribution in [0.25, 0.3) is 0 Å². The van der Waals surface area contributed by atoms with Crippen LogP contribution in [-0.2, 0) is 14.2 Å². The van der Waals surface area contributed by atoms with Gasteiger partial charge in [-0.1, -0.05) is 22.0 Å². The fraction of sp³-hybridized carbons (Fsp3) is 0.588. The molecule has 0 aliphatic rings. The van der Waals surface area contributed by atoms with Crippen LogP contribution < -0.4 is 11.1 Å². The molecule has 0 bridgehead atoms. The monoisotopic (exact) mass is 447 g/mol. The van der Waals surface area contributed by atoms with E-state index in [1.54, 1.807) is 19.1 Å². The van der Waals surface area contributed by atoms with Crippen molar-refractivity contribution in [1.82, 2.24) is 5.32 Å². The summed E-state index contributed by atoms with van der Waals surface area (Å²) in [6, 6.07) is 4.43. The van der Waals surface area contributed by atoms with E-state index in [2.05, 4.69) is 21.2 Å². The number of alkyl halides is 1. The Morgan fingerprint density at radius 2 is 1.78 bits per heavy atom. The minimum Gasteiger partial charge on any atom is -0.378 e. The minimum atomic E-state index is -0.492. The van der Waals surface area contributed by atoms with E-state index >= 15 is 0 Å². The van der Waals surface area contributed by atoms with E-state index in [-0.39, 0.29) is 22.0 Å². The smallest absolute Gasteiger partial charge is 0.274 e. The number of rotatable bonds is 14. The number of halogens is 1. The number of nitro benzene ring substituents is 1. The van der Waals surface area contributed by atoms with Gasteiger partial charge in [-0.2, -0.15) is 0 Å². The van der Waals surface area contributed by atoms with Crippen LogP contribution >= 0.6 is 15.9 Å². The molecule has 27 heavy (non-hydrogen) atoms. The van der Waals surface area contributed by atoms with E-state index in [9.17, 15) is 14.9 Å². The molecule has 0 heterocycles. The second-order valence-corrected chi connectivity index (χ2v) is 6.90. The number of nitrogens with two attached hydrogens (primary N) is 1. The van der Waals surface area contributed by atoms with Gasteiger partial charge < -0.3 is 25.3 Å². The standard InChI is InChI=1S/C17H26BrN3O6/c1-13(18)15-3-2-14(12-16(15)21(23)24)17(22)20-5-7-26-9-11-27-10-8-25-6-4-19/h2-3,12-13H,4-11,19H2,1H3,(H,20,22). The van der Waals surface area contributed by atoms with Crippen LogP contribution in [0.15, 0.2) is 18.2 Å². The molecule has 0 aromatic heterocycles. The third-order valence-electron chi connectivity index (χ3n) is 3.46. The number of amides is 1. The molecule has 9 nitrogen and oxygen atoms in total. The van der Waals surface area contributed by atoms with Gasteiger partial charge >= 0.3 is 0 Å². The molecule has 0 radical (unpaired) electrons. The van der Waals surface area contributed by atoms with E-state index in [4.69, 9.17) is 19.9 Å². The Morgan fingerprint density at radius 1 is 1.19 bits per heavy atom. The predicted molar refractivity (Wildman–Crippen MR) is 104 cm³/mol. The summed E-state index contributed by atoms with van der Waals surface area (Å²) in [7, 11) is 0. The second kappa shape index (κ2) is 13.6. The zero-order valence-electron chi connectivity index (χ0n) is 15.3. The average Bonchev–Trinajstić information content (AvgIpc) is 2.65. The zero-order valence-corrected chi connectivity index (χ0v) is 16.9. The topological polar surface area (TPSA) is 126 Å². The molecule has 0 spiro atoms. The van der Waals surface area contributed by atoms with Crippen LogP contribution in [0.4, 0.5) is 5.69 Å². The Balaban J connectivity index is 2.25. The summed E-state index contributed by atoms with van der Waals surface area (Å²) in [5, 5.41) is 13.8. The van der Waals surface area contributed by atoms with Crippen LogP contribution in [0.5, 0.6) is 0 Å². The third-order valence-corrected chi connectivity index (χ3v) is 3.95. The van der Waals surface area contributed by atoms with Crippen LogP contribution in [0.2, 0.25) is 0 Å². The van der Waals surface area contributed by atoms with Crippen molar-refractivity contribution in [3.8, 4) is 0 Å². The predicted octanol–water partition coefficient (Wildman–Crippen LogP) is 1.79. The lowest BCUT2D eigenvalue weighted by Gasteiger charge is -2.09. The first-order valence-corrected chi connectivity index (χ1v) is 9.52. The summed E-state index contributed by atoms with van der Waals surface area (Å²) >= 11 is 3.31. The van der Waals surface area contributed by atoms with Crippen LogP contribution in [-0.4, -0.2) is 63.6 Å². The van der Waals surface area contributed by atoms with Crippen LogP contribution in [0, 0.1) is 10.1 Å². The first-order valence-electron chi connectivity index (χ1n) is 8.61. The summed E-state index contributed by atoms with van der Waals surface area (Å²) in [5.41, 5.74) is 5.96. The first-order chi connectivity index (χ1) is 13.0. The van der Waals surface area contributed by atoms with Gasteiger partial charge in [0.2, 0.25) is 0 Å². The summed E-state index contributed by atoms with van der Waals surface area (Å²) in [5.74, 6) is -0.385. The van der Waals surface area contributed by atoms with E-state index in [0.717, 1.165) is 0 Å². The highest BCUT2D eigenvalue weighted by Crippen LogP contribution is 2.31. The molecule has 10 heteroatoms. The maximum atomic E-state index is 12.1. The molecule has 1 aromatic carbocycles. The van der Waals surface area contributed by atoms with Crippen molar-refractivity contribution < 1.29 is 23.9 Å². The number of nitrogens with zero attached hydrogens (tertiary/aromatic N) is 1. The van der Waals surface area contributed by atoms with E-state index in [1.165, 1.54) is 6.07 Å². The second-order valence-electron chi connectivity index (χ2n) is 5.53. The van der Waals surface area contributed by atoms with Gasteiger partial charge in [0.15, 0.2) is 0 Å². The summed E-state index contributed by atoms with van der Waals surface area (Å²) in [4.78, 5) is 22.6. The largest absolute Gasteiger partial charge is 0.378 e. The normalized spacial score (nSPS) is 12.0. The molecule has 0 aliphatic heterocycles. The van der Waals surface area contributed by atoms with Crippen molar-refractivity contribution in [3.63, 3.8) is 0 Å². The number of carbonyl (C=O) groups excluding carboxylic acids is 1. The summed E-state index contributed by atoms with van der Waals surface area (Å²) in [6.07, 6.45) is 0. The van der Waals surface area contributed by atoms with E-state index in [0.29, 0.717) is 58.3 Å². The van der Waals surface area contributed by atoms with Crippen LogP contribution in [0.3, 0.4) is 0 Å². The molecule has 1 amide bonds. The summed E-state index contributed by atoms with van der Waals surface area (Å²) < 4.78 is 15.8. The van der Waals surface area contributed by atoms with Crippen molar-refractivity contribution in [2.75, 3.05) is 52.7 Å². The minimum absolute atomic E-state index is 0.0872. The molecule has 1 unspecified atom stereocenters. The summed E-state index contributed by atoms with van der Waals surface area (Å²) in [6.45, 7) is 5.20. The van der Waals surface area contributed by atoms with Crippen LogP contribution in [0.1, 0.15) is 27.7 Å². The van der Waals surface area contributed by atoms with Crippen molar-refractivity contribution in [2.24, 2.45) is 5.73 Å². The van der Waals surface area contributed by atoms with Gasteiger partial charge in [-0.05, 0) is 13.0 Å². The van der Waals surface area contributed by atoms with Gasteiger partial charge in [0.05, 0.1) is 44.6 Å². The Kier molecular flexibility index (Phi) is 11.8. The van der Waals surface area contributed by atoms with Gasteiger partial charge in [-0.15, -0.1) is 0 Å². The molecule has 152 valence electrons. The Hall–Kier alpha value is -1.59. The first kappa shape index (κ1) is 23.4. The number of hydrogen-bond acceptors (Lipinski definition) is 7. The van der Waals surface area contributed by atoms with Gasteiger partial charge in [-0.25, -0.2) is 0 Å². The number of benzene rings is 1. The molecular formula is C17H26BrN3O6. The van der Waals surface area contributed by atoms with Gasteiger partial charge in [0.1, 0.15) is 0 Å². The number of hydrogen-bond donors (Lipinski definition) is 2. The van der Waals surface area contributed by atoms with E-state index in [1.807, 2.05) is 0 Å². The molecule has 3 N–H and O–H groups in total. The Bertz CT molecular complexity index is 600. The molecule has 1 rings (SSSR count). The molecule has 0 fully saturated rings. The average molecular weight is 448 g/mol. The third kappa shape index (κ3) is 9.25. The van der Waals surface area contributed by atoms with Crippen molar-refractivity contribution >= 4 is 27.5 Å². The lowest BCUT2D eigenvalue weighted by Crippen LogP contribution is -2.27. The Morgan fingerprint density at radius 3 is 2.33 bits per heavy atom. The maximum Gasteiger partial charge on any atom is 0.274 e. The van der Waals surface area contributed by atoms with E-state index < -0.39 is 4.92 Å². The SMILES string of the molecule is CC(Br)c1ccc(C(=O)NCCOCCOCCOCCN)cc1[N+](=O)[O-]. The highest BCUT2D eigenvalue weighted by atomic mass is 79.9. The molecule has 0 saturated heterocycles. The lowest BCUT2D eigenvalue weighted by atomic mass is 10.1. The number of ether oxygens (including phenoxy) is 3. The van der Waals surface area contributed by atoms with Gasteiger partial charge in [-0.3, -0.25) is 14.9 Å². The number of nitro groups is 1. The van der Waals surface area contributed by atoms with Crippen molar-refractivity contribution in [1.29, 1.82) is 0 Å². The molecule has 1 aromatic rings. The van der Waals surface area contributed by atoms with Gasteiger partial charge in [0, 0.05) is 35.1 Å². The fourth-order valence-corrected chi connectivity index (χ4v) is 2.53. The van der Waals surface area contributed by atoms with Crippen molar-refractivity contribution in [3.05, 3.63) is 39.4 Å². The van der Waals surface area contributed by atoms with Crippen molar-refractivity contribution in [2.45, 2.75) is 11.8 Å². The number of carbonyl (C=O) groups is 1. The molecule has 1 atom stereocenters. The molecule has 0 aliphatic carbocycles. The zero-order chi connectivity index (χ0) is 20.1. The Labute approximate surface area is 166 Å². The lowest BCUT2D eigenvalue weighted by molar-refractivity contribution is -0.385. The highest BCUT2D eigenvalue weighted by Gasteiger charge is 2.19. The number of nitrogens with one attached hydrogen (secondary N) is 1. The quantitative estimate of drug-likeness (QED) is 0.192.